The van der Waals surface area contributed by atoms with Crippen molar-refractivity contribution in [1.29, 1.82) is 0 Å². The van der Waals surface area contributed by atoms with Gasteiger partial charge in [-0.3, -0.25) is 4.79 Å². The number of rotatable bonds is 17. The van der Waals surface area contributed by atoms with E-state index in [0.717, 1.165) is 5.56 Å². The molecular formula is C37H39N5O7S. The Labute approximate surface area is 291 Å². The predicted octanol–water partition coefficient (Wildman–Crippen LogP) is 5.75. The van der Waals surface area contributed by atoms with Gasteiger partial charge in [0.15, 0.2) is 21.5 Å². The van der Waals surface area contributed by atoms with Crippen LogP contribution in [0.5, 0.6) is 11.5 Å². The van der Waals surface area contributed by atoms with E-state index in [2.05, 4.69) is 15.3 Å². The zero-order valence-corrected chi connectivity index (χ0v) is 28.5. The molecule has 1 heterocycles. The van der Waals surface area contributed by atoms with Gasteiger partial charge in [-0.25, -0.2) is 13.4 Å². The fraction of sp³-hybridized carbons (Fsp3) is 0.297. The van der Waals surface area contributed by atoms with E-state index in [9.17, 15) is 13.2 Å². The number of azide groups is 1. The van der Waals surface area contributed by atoms with E-state index in [-0.39, 0.29) is 36.9 Å². The van der Waals surface area contributed by atoms with Crippen LogP contribution >= 0.6 is 0 Å². The van der Waals surface area contributed by atoms with Gasteiger partial charge in [-0.15, -0.1) is 0 Å². The Hall–Kier alpha value is -5.36. The summed E-state index contributed by atoms with van der Waals surface area (Å²) in [7, 11) is -2.26. The molecule has 1 amide bonds. The molecule has 0 spiro atoms. The molecular weight excluding hydrogens is 659 g/mol. The topological polar surface area (TPSA) is 172 Å². The lowest BCUT2D eigenvalue weighted by molar-refractivity contribution is -0.129. The van der Waals surface area contributed by atoms with Crippen LogP contribution in [0.2, 0.25) is 0 Å². The van der Waals surface area contributed by atoms with E-state index < -0.39 is 33.1 Å². The molecule has 260 valence electrons. The molecule has 0 aromatic heterocycles. The Bertz CT molecular complexity index is 1950. The summed E-state index contributed by atoms with van der Waals surface area (Å²) in [5, 5.41) is 15.9. The van der Waals surface area contributed by atoms with Crippen LogP contribution in [0.25, 0.3) is 10.4 Å². The number of ether oxygens (including phenoxy) is 3. The summed E-state index contributed by atoms with van der Waals surface area (Å²) >= 11 is 0. The van der Waals surface area contributed by atoms with Gasteiger partial charge in [0.2, 0.25) is 5.90 Å². The number of nitrogens with one attached hydrogen (secondary N) is 1. The van der Waals surface area contributed by atoms with Gasteiger partial charge in [0.25, 0.3) is 5.91 Å². The van der Waals surface area contributed by atoms with Crippen LogP contribution in [-0.4, -0.2) is 63.5 Å². The first-order valence-electron chi connectivity index (χ1n) is 16.2. The van der Waals surface area contributed by atoms with Gasteiger partial charge in [0, 0.05) is 36.5 Å². The summed E-state index contributed by atoms with van der Waals surface area (Å²) in [6, 6.07) is 29.6. The number of sulfone groups is 1. The number of hydrogen-bond acceptors (Lipinski definition) is 9. The zero-order valence-electron chi connectivity index (χ0n) is 27.6. The van der Waals surface area contributed by atoms with Crippen molar-refractivity contribution in [3.8, 4) is 11.5 Å². The van der Waals surface area contributed by atoms with Crippen molar-refractivity contribution in [3.05, 3.63) is 136 Å². The summed E-state index contributed by atoms with van der Waals surface area (Å²) in [4.78, 5) is 22.6. The van der Waals surface area contributed by atoms with E-state index in [1.807, 2.05) is 24.3 Å². The minimum absolute atomic E-state index is 0.00824. The third kappa shape index (κ3) is 8.43. The molecule has 4 aromatic rings. The lowest BCUT2D eigenvalue weighted by Crippen LogP contribution is -2.50. The number of aliphatic hydroxyl groups is 1. The van der Waals surface area contributed by atoms with E-state index >= 15 is 0 Å². The van der Waals surface area contributed by atoms with Gasteiger partial charge in [-0.05, 0) is 71.1 Å². The number of carbonyl (C=O) groups excluding carboxylic acids is 1. The SMILES string of the molecule is COc1ccccc1CCNC(=O)[C@]1(CCS(=O)(=O)c2ccccc2)N=C(c2ccc(OCCCO)cc2)O[C@@H]1c1ccccc1CN=[N+]=[N-]. The van der Waals surface area contributed by atoms with Crippen molar-refractivity contribution in [2.45, 2.75) is 42.3 Å². The number of aliphatic hydroxyl groups excluding tert-OH is 1. The number of carbonyl (C=O) groups is 1. The van der Waals surface area contributed by atoms with Gasteiger partial charge in [0.1, 0.15) is 11.5 Å². The predicted molar refractivity (Wildman–Crippen MR) is 189 cm³/mol. The minimum Gasteiger partial charge on any atom is -0.496 e. The summed E-state index contributed by atoms with van der Waals surface area (Å²) in [5.74, 6) is 0.490. The Morgan fingerprint density at radius 2 is 1.70 bits per heavy atom. The smallest absolute Gasteiger partial charge is 0.252 e. The highest BCUT2D eigenvalue weighted by Gasteiger charge is 2.54. The molecule has 50 heavy (non-hydrogen) atoms. The van der Waals surface area contributed by atoms with E-state index in [0.29, 0.717) is 47.6 Å². The first-order valence-corrected chi connectivity index (χ1v) is 17.8. The fourth-order valence-corrected chi connectivity index (χ4v) is 7.19. The molecule has 5 rings (SSSR count). The fourth-order valence-electron chi connectivity index (χ4n) is 5.80. The zero-order chi connectivity index (χ0) is 35.4. The van der Waals surface area contributed by atoms with Gasteiger partial charge in [-0.2, -0.15) is 0 Å². The molecule has 0 saturated carbocycles. The molecule has 2 N–H and O–H groups in total. The van der Waals surface area contributed by atoms with Gasteiger partial charge in [0.05, 0.1) is 30.9 Å². The number of methoxy groups -OCH3 is 1. The van der Waals surface area contributed by atoms with Crippen LogP contribution in [0.3, 0.4) is 0 Å². The van der Waals surface area contributed by atoms with E-state index in [1.165, 1.54) is 12.1 Å². The van der Waals surface area contributed by atoms with Crippen molar-refractivity contribution >= 4 is 21.6 Å². The highest BCUT2D eigenvalue weighted by Crippen LogP contribution is 2.44. The summed E-state index contributed by atoms with van der Waals surface area (Å²) in [6.07, 6.45) is -0.353. The normalized spacial score (nSPS) is 16.8. The molecule has 0 unspecified atom stereocenters. The Balaban J connectivity index is 1.57. The molecule has 12 nitrogen and oxygen atoms in total. The summed E-state index contributed by atoms with van der Waals surface area (Å²) in [6.45, 7) is 0.541. The number of benzene rings is 4. The number of amides is 1. The van der Waals surface area contributed by atoms with Gasteiger partial charge in [-0.1, -0.05) is 65.8 Å². The maximum absolute atomic E-state index is 14.6. The van der Waals surface area contributed by atoms with Crippen molar-refractivity contribution in [2.24, 2.45) is 10.1 Å². The number of hydrogen-bond donors (Lipinski definition) is 2. The van der Waals surface area contributed by atoms with Gasteiger partial charge < -0.3 is 24.6 Å². The van der Waals surface area contributed by atoms with Gasteiger partial charge >= 0.3 is 0 Å². The molecule has 0 radical (unpaired) electrons. The molecule has 0 aliphatic carbocycles. The third-order valence-electron chi connectivity index (χ3n) is 8.40. The maximum Gasteiger partial charge on any atom is 0.252 e. The monoisotopic (exact) mass is 697 g/mol. The number of para-hydroxylation sites is 1. The minimum atomic E-state index is -3.84. The second kappa shape index (κ2) is 16.8. The van der Waals surface area contributed by atoms with Crippen LogP contribution in [0, 0.1) is 0 Å². The first kappa shape index (κ1) is 35.9. The lowest BCUT2D eigenvalue weighted by atomic mass is 9.83. The molecule has 1 aliphatic heterocycles. The average Bonchev–Trinajstić information content (AvgIpc) is 3.55. The largest absolute Gasteiger partial charge is 0.496 e. The van der Waals surface area contributed by atoms with E-state index in [1.54, 1.807) is 73.8 Å². The van der Waals surface area contributed by atoms with Crippen molar-refractivity contribution in [2.75, 3.05) is 32.6 Å². The van der Waals surface area contributed by atoms with Crippen LogP contribution in [-0.2, 0) is 32.3 Å². The van der Waals surface area contributed by atoms with Crippen LogP contribution in [0.15, 0.2) is 118 Å². The molecule has 0 saturated heterocycles. The molecule has 0 bridgehead atoms. The highest BCUT2D eigenvalue weighted by atomic mass is 32.2. The van der Waals surface area contributed by atoms with Crippen molar-refractivity contribution in [3.63, 3.8) is 0 Å². The molecule has 13 heteroatoms. The molecule has 2 atom stereocenters. The van der Waals surface area contributed by atoms with Crippen molar-refractivity contribution in [1.82, 2.24) is 5.32 Å². The average molecular weight is 698 g/mol. The number of aliphatic imine (C=N–C) groups is 1. The van der Waals surface area contributed by atoms with Crippen molar-refractivity contribution < 1.29 is 32.5 Å². The second-order valence-corrected chi connectivity index (χ2v) is 13.7. The molecule has 1 aliphatic rings. The maximum atomic E-state index is 14.6. The highest BCUT2D eigenvalue weighted by molar-refractivity contribution is 7.91. The summed E-state index contributed by atoms with van der Waals surface area (Å²) in [5.41, 5.74) is 9.96. The Morgan fingerprint density at radius 3 is 2.42 bits per heavy atom. The second-order valence-electron chi connectivity index (χ2n) is 11.6. The molecule has 4 aromatic carbocycles. The third-order valence-corrected chi connectivity index (χ3v) is 10.1. The molecule has 0 fully saturated rings. The van der Waals surface area contributed by atoms with Crippen LogP contribution in [0.4, 0.5) is 0 Å². The van der Waals surface area contributed by atoms with Crippen LogP contribution < -0.4 is 14.8 Å². The number of nitrogens with zero attached hydrogens (tertiary/aromatic N) is 4. The van der Waals surface area contributed by atoms with Crippen LogP contribution in [0.1, 0.15) is 41.2 Å². The first-order chi connectivity index (χ1) is 24.3. The Morgan fingerprint density at radius 1 is 1.00 bits per heavy atom. The standard InChI is InChI=1S/C37H39N5O7S/c1-47-33-15-8-6-10-27(33)20-22-39-36(44)37(21-25-50(45,46)31-12-3-2-4-13-31)34(32-14-7-5-11-29(32)26-40-42-38)49-35(41-37)28-16-18-30(19-17-28)48-24-9-23-43/h2-8,10-19,34,43H,9,20-26H2,1H3,(H,39,44)/t34-,37-/m1/s1. The van der Waals surface area contributed by atoms with E-state index in [4.69, 9.17) is 29.8 Å². The Kier molecular flexibility index (Phi) is 12.1. The summed E-state index contributed by atoms with van der Waals surface area (Å²) < 4.78 is 45.0. The lowest BCUT2D eigenvalue weighted by Gasteiger charge is -2.31. The quantitative estimate of drug-likeness (QED) is 0.0612.